The number of hydrogen-bond donors (Lipinski definition) is 1. The van der Waals surface area contributed by atoms with Crippen LogP contribution < -0.4 is 5.32 Å². The third kappa shape index (κ3) is 12.6. The van der Waals surface area contributed by atoms with Crippen LogP contribution in [0.5, 0.6) is 0 Å². The fourth-order valence-electron chi connectivity index (χ4n) is 4.88. The highest BCUT2D eigenvalue weighted by Gasteiger charge is 2.28. The first-order chi connectivity index (χ1) is 16.8. The van der Waals surface area contributed by atoms with Gasteiger partial charge in [-0.2, -0.15) is 0 Å². The van der Waals surface area contributed by atoms with E-state index in [-0.39, 0.29) is 5.41 Å². The number of aldehydes is 1. The van der Waals surface area contributed by atoms with Gasteiger partial charge in [0.15, 0.2) is 0 Å². The number of nitrogens with one attached hydrogen (secondary N) is 1. The number of nitrogens with zero attached hydrogens (tertiary/aromatic N) is 1. The van der Waals surface area contributed by atoms with Crippen LogP contribution in [0.4, 0.5) is 0 Å². The third-order valence-corrected chi connectivity index (χ3v) is 7.75. The molecule has 208 valence electrons. The molecule has 1 saturated carbocycles. The summed E-state index contributed by atoms with van der Waals surface area (Å²) in [6, 6.07) is 0.682. The molecule has 0 aromatic rings. The highest BCUT2D eigenvalue weighted by molar-refractivity contribution is 5.78. The minimum Gasteiger partial charge on any atom is -0.390 e. The lowest BCUT2D eigenvalue weighted by Gasteiger charge is -2.34. The molecule has 0 heterocycles. The van der Waals surface area contributed by atoms with Gasteiger partial charge in [-0.05, 0) is 105 Å². The minimum absolute atomic E-state index is 0.136. The highest BCUT2D eigenvalue weighted by Crippen LogP contribution is 2.42. The van der Waals surface area contributed by atoms with Gasteiger partial charge in [-0.15, -0.1) is 0 Å². The molecule has 2 aliphatic carbocycles. The maximum Gasteiger partial charge on any atom is 0.146 e. The summed E-state index contributed by atoms with van der Waals surface area (Å²) in [6.45, 7) is 28.0. The van der Waals surface area contributed by atoms with Gasteiger partial charge in [-0.25, -0.2) is 0 Å². The van der Waals surface area contributed by atoms with Crippen LogP contribution in [0.3, 0.4) is 0 Å². The van der Waals surface area contributed by atoms with Crippen molar-refractivity contribution < 1.29 is 4.79 Å². The van der Waals surface area contributed by atoms with E-state index in [0.717, 1.165) is 37.3 Å². The summed E-state index contributed by atoms with van der Waals surface area (Å²) >= 11 is 0. The zero-order valence-corrected chi connectivity index (χ0v) is 25.9. The molecule has 0 aliphatic heterocycles. The molecule has 1 N–H and O–H groups in total. The Bertz CT molecular complexity index is 738. The number of hydrogen-bond acceptors (Lipinski definition) is 3. The van der Waals surface area contributed by atoms with E-state index in [9.17, 15) is 4.79 Å². The monoisotopic (exact) mass is 500 g/mol. The van der Waals surface area contributed by atoms with Gasteiger partial charge < -0.3 is 10.2 Å². The zero-order valence-electron chi connectivity index (χ0n) is 25.9. The lowest BCUT2D eigenvalue weighted by Crippen LogP contribution is -2.33. The summed E-state index contributed by atoms with van der Waals surface area (Å²) in [5.41, 5.74) is 5.71. The minimum atomic E-state index is 0.136. The molecule has 36 heavy (non-hydrogen) atoms. The Balaban J connectivity index is 0.000000796. The van der Waals surface area contributed by atoms with Crippen LogP contribution in [0.2, 0.25) is 0 Å². The predicted molar refractivity (Wildman–Crippen MR) is 161 cm³/mol. The molecular formula is C33H60N2O. The molecule has 0 aromatic heterocycles. The Labute approximate surface area is 225 Å². The van der Waals surface area contributed by atoms with E-state index in [1.165, 1.54) is 55.2 Å². The summed E-state index contributed by atoms with van der Waals surface area (Å²) < 4.78 is 0. The Morgan fingerprint density at radius 1 is 1.25 bits per heavy atom. The maximum atomic E-state index is 11.1. The molecule has 3 heteroatoms. The summed E-state index contributed by atoms with van der Waals surface area (Å²) in [4.78, 5) is 13.5. The van der Waals surface area contributed by atoms with Crippen molar-refractivity contribution in [1.82, 2.24) is 10.2 Å². The topological polar surface area (TPSA) is 32.3 Å². The predicted octanol–water partition coefficient (Wildman–Crippen LogP) is 8.89. The van der Waals surface area contributed by atoms with Crippen molar-refractivity contribution in [2.75, 3.05) is 20.1 Å². The maximum absolute atomic E-state index is 11.1. The smallest absolute Gasteiger partial charge is 0.146 e. The Morgan fingerprint density at radius 3 is 2.28 bits per heavy atom. The van der Waals surface area contributed by atoms with Crippen molar-refractivity contribution in [3.63, 3.8) is 0 Å². The van der Waals surface area contributed by atoms with Crippen molar-refractivity contribution in [1.29, 1.82) is 0 Å². The average Bonchev–Trinajstić information content (AvgIpc) is 3.20. The van der Waals surface area contributed by atoms with Crippen molar-refractivity contribution >= 4 is 6.29 Å². The van der Waals surface area contributed by atoms with Crippen LogP contribution in [-0.4, -0.2) is 37.4 Å². The zero-order chi connectivity index (χ0) is 27.9. The summed E-state index contributed by atoms with van der Waals surface area (Å²) in [6.07, 6.45) is 16.0. The van der Waals surface area contributed by atoms with Crippen LogP contribution in [-0.2, 0) is 4.79 Å². The Morgan fingerprint density at radius 2 is 1.83 bits per heavy atom. The van der Waals surface area contributed by atoms with Crippen LogP contribution in [0.15, 0.2) is 47.2 Å². The van der Waals surface area contributed by atoms with Gasteiger partial charge >= 0.3 is 0 Å². The van der Waals surface area contributed by atoms with Gasteiger partial charge in [-0.1, -0.05) is 74.1 Å². The molecular weight excluding hydrogens is 440 g/mol. The molecule has 1 atom stereocenters. The fraction of sp³-hybridized carbons (Fsp3) is 0.727. The number of carbonyl (C=O) groups excluding carboxylic acids is 1. The molecule has 2 rings (SSSR count). The second-order valence-corrected chi connectivity index (χ2v) is 12.3. The number of rotatable bonds is 10. The molecule has 0 spiro atoms. The van der Waals surface area contributed by atoms with E-state index in [4.69, 9.17) is 0 Å². The molecule has 1 unspecified atom stereocenters. The first-order valence-corrected chi connectivity index (χ1v) is 14.5. The van der Waals surface area contributed by atoms with Gasteiger partial charge in [-0.3, -0.25) is 4.79 Å². The molecule has 3 nitrogen and oxygen atoms in total. The van der Waals surface area contributed by atoms with Crippen LogP contribution in [0.25, 0.3) is 0 Å². The van der Waals surface area contributed by atoms with E-state index < -0.39 is 0 Å². The molecule has 0 saturated heterocycles. The van der Waals surface area contributed by atoms with Gasteiger partial charge in [0, 0.05) is 25.6 Å². The molecule has 1 fully saturated rings. The molecule has 0 amide bonds. The van der Waals surface area contributed by atoms with Crippen molar-refractivity contribution in [3.8, 4) is 0 Å². The summed E-state index contributed by atoms with van der Waals surface area (Å²) in [5, 5.41) is 3.08. The van der Waals surface area contributed by atoms with E-state index in [0.29, 0.717) is 11.5 Å². The first-order valence-electron chi connectivity index (χ1n) is 14.5. The van der Waals surface area contributed by atoms with Crippen molar-refractivity contribution in [2.45, 2.75) is 120 Å². The molecule has 0 bridgehead atoms. The van der Waals surface area contributed by atoms with Gasteiger partial charge in [0.05, 0.1) is 0 Å². The molecule has 2 aliphatic rings. The second-order valence-electron chi connectivity index (χ2n) is 12.3. The van der Waals surface area contributed by atoms with Crippen LogP contribution in [0.1, 0.15) is 114 Å². The molecule has 0 radical (unpaired) electrons. The van der Waals surface area contributed by atoms with E-state index >= 15 is 0 Å². The van der Waals surface area contributed by atoms with Crippen LogP contribution in [0, 0.1) is 16.7 Å². The number of carbonyl (C=O) groups is 1. The summed E-state index contributed by atoms with van der Waals surface area (Å²) in [7, 11) is 2.15. The highest BCUT2D eigenvalue weighted by atomic mass is 16.1. The molecule has 0 aromatic carbocycles. The van der Waals surface area contributed by atoms with Gasteiger partial charge in [0.2, 0.25) is 0 Å². The lowest BCUT2D eigenvalue weighted by molar-refractivity contribution is -0.104. The SMILES string of the molecule is C=CNCCN(C)C(C)CC.CC.CC1=C(/C(=C\CC2CCC(C)(C)CC2)C(C)(C)C)CC(C=O)=C1. The fourth-order valence-corrected chi connectivity index (χ4v) is 4.88. The lowest BCUT2D eigenvalue weighted by atomic mass is 9.71. The quantitative estimate of drug-likeness (QED) is 0.240. The van der Waals surface area contributed by atoms with E-state index in [1.54, 1.807) is 6.20 Å². The van der Waals surface area contributed by atoms with Crippen molar-refractivity contribution in [2.24, 2.45) is 16.7 Å². The van der Waals surface area contributed by atoms with Gasteiger partial charge in [0.1, 0.15) is 6.29 Å². The van der Waals surface area contributed by atoms with E-state index in [2.05, 4.69) is 91.4 Å². The van der Waals surface area contributed by atoms with E-state index in [1.807, 2.05) is 13.8 Å². The number of allylic oxidation sites excluding steroid dienone is 6. The van der Waals surface area contributed by atoms with Gasteiger partial charge in [0.25, 0.3) is 0 Å². The second kappa shape index (κ2) is 17.0. The van der Waals surface area contributed by atoms with Crippen molar-refractivity contribution in [3.05, 3.63) is 47.2 Å². The number of likely N-dealkylation sites (N-methyl/N-ethyl adjacent to an activating group) is 1. The third-order valence-electron chi connectivity index (χ3n) is 7.75. The largest absolute Gasteiger partial charge is 0.390 e. The Hall–Kier alpha value is -1.61. The summed E-state index contributed by atoms with van der Waals surface area (Å²) in [5.74, 6) is 0.834. The average molecular weight is 501 g/mol. The standard InChI is InChI=1S/C22H34O.C9H20N2.C2H6/c1-16-13-18(15-23)14-19(16)20(21(2,3)4)8-7-17-9-11-22(5,6)12-10-17;1-5-9(3)11(4)8-7-10-6-2;1-2/h8,13,15,17H,7,9-12,14H2,1-6H3;6,9-10H,2,5,7-8H2,1,3-4H3;1-2H3/b20-8+;;. The van der Waals surface area contributed by atoms with Crippen LogP contribution >= 0.6 is 0 Å². The first kappa shape index (κ1) is 34.4. The Kier molecular flexibility index (Phi) is 16.2. The normalized spacial score (nSPS) is 19.0.